The molecular weight excluding hydrogens is 418 g/mol. The van der Waals surface area contributed by atoms with Crippen molar-refractivity contribution < 1.29 is 14.3 Å². The van der Waals surface area contributed by atoms with Gasteiger partial charge < -0.3 is 10.1 Å². The third-order valence-electron chi connectivity index (χ3n) is 4.42. The van der Waals surface area contributed by atoms with Crippen molar-refractivity contribution in [1.82, 2.24) is 5.43 Å². The summed E-state index contributed by atoms with van der Waals surface area (Å²) in [7, 11) is 1.24. The normalized spacial score (nSPS) is 11.3. The number of nitrogens with zero attached hydrogens (tertiary/aromatic N) is 3. The minimum atomic E-state index is -0.731. The molecule has 0 aliphatic rings. The van der Waals surface area contributed by atoms with Gasteiger partial charge in [-0.25, -0.2) is 15.0 Å². The number of anilines is 1. The first-order valence-electron chi connectivity index (χ1n) is 10.1. The van der Waals surface area contributed by atoms with Crippen LogP contribution < -0.4 is 10.7 Å². The lowest BCUT2D eigenvalue weighted by Gasteiger charge is -2.07. The molecule has 0 saturated heterocycles. The first-order chi connectivity index (χ1) is 16.1. The summed E-state index contributed by atoms with van der Waals surface area (Å²) in [6.45, 7) is 1.53. The van der Waals surface area contributed by atoms with Crippen LogP contribution in [0.1, 0.15) is 18.1 Å². The van der Waals surface area contributed by atoms with E-state index in [0.29, 0.717) is 11.4 Å². The Morgan fingerprint density at radius 1 is 0.758 bits per heavy atom. The fourth-order valence-corrected chi connectivity index (χ4v) is 2.80. The van der Waals surface area contributed by atoms with Gasteiger partial charge in [0, 0.05) is 16.8 Å². The van der Waals surface area contributed by atoms with Gasteiger partial charge in [0.25, 0.3) is 0 Å². The van der Waals surface area contributed by atoms with E-state index in [1.54, 1.807) is 24.3 Å². The van der Waals surface area contributed by atoms with Gasteiger partial charge in [-0.1, -0.05) is 78.9 Å². The second kappa shape index (κ2) is 11.7. The minimum Gasteiger partial charge on any atom is -0.464 e. The molecule has 0 aromatic heterocycles. The Labute approximate surface area is 191 Å². The van der Waals surface area contributed by atoms with E-state index in [9.17, 15) is 9.59 Å². The number of hydrazone groups is 1. The maximum atomic E-state index is 12.3. The Bertz CT molecular complexity index is 1130. The number of urea groups is 1. The fraction of sp³-hybridized carbons (Fsp3) is 0.0800. The zero-order valence-electron chi connectivity index (χ0n) is 18.2. The highest BCUT2D eigenvalue weighted by Crippen LogP contribution is 2.11. The molecule has 0 atom stereocenters. The number of hydrogen-bond acceptors (Lipinski definition) is 6. The highest BCUT2D eigenvalue weighted by atomic mass is 16.5. The molecule has 2 N–H and O–H groups in total. The van der Waals surface area contributed by atoms with Gasteiger partial charge in [-0.3, -0.25) is 0 Å². The van der Waals surface area contributed by atoms with E-state index in [4.69, 9.17) is 4.74 Å². The number of amides is 2. The number of hydrogen-bond donors (Lipinski definition) is 2. The average Bonchev–Trinajstić information content (AvgIpc) is 2.86. The van der Waals surface area contributed by atoms with Crippen LogP contribution in [0.15, 0.2) is 106 Å². The van der Waals surface area contributed by atoms with Gasteiger partial charge >= 0.3 is 12.0 Å². The summed E-state index contributed by atoms with van der Waals surface area (Å²) in [4.78, 5) is 24.4. The van der Waals surface area contributed by atoms with Crippen LogP contribution in [-0.4, -0.2) is 36.2 Å². The first kappa shape index (κ1) is 23.1. The molecule has 0 aliphatic heterocycles. The quantitative estimate of drug-likeness (QED) is 0.325. The number of carbonyl (C=O) groups excluding carboxylic acids is 2. The van der Waals surface area contributed by atoms with Crippen molar-refractivity contribution in [3.05, 3.63) is 102 Å². The minimum absolute atomic E-state index is 0.134. The molecule has 0 heterocycles. The van der Waals surface area contributed by atoms with Crippen molar-refractivity contribution in [1.29, 1.82) is 0 Å². The highest BCUT2D eigenvalue weighted by molar-refractivity contribution is 6.65. The summed E-state index contributed by atoms with van der Waals surface area (Å²) in [5.41, 5.74) is 5.16. The Morgan fingerprint density at radius 3 is 1.79 bits per heavy atom. The molecule has 3 rings (SSSR count). The molecule has 2 amide bonds. The second-order valence-corrected chi connectivity index (χ2v) is 6.75. The van der Waals surface area contributed by atoms with Crippen molar-refractivity contribution in [2.45, 2.75) is 6.92 Å². The number of rotatable bonds is 7. The van der Waals surface area contributed by atoms with E-state index < -0.39 is 12.0 Å². The molecule has 0 spiro atoms. The van der Waals surface area contributed by atoms with Gasteiger partial charge in [-0.15, -0.1) is 10.2 Å². The average molecular weight is 441 g/mol. The number of para-hydroxylation sites is 1. The van der Waals surface area contributed by atoms with E-state index in [-0.39, 0.29) is 11.4 Å². The maximum absolute atomic E-state index is 12.3. The van der Waals surface area contributed by atoms with Gasteiger partial charge in [-0.2, -0.15) is 5.10 Å². The van der Waals surface area contributed by atoms with Crippen molar-refractivity contribution in [2.24, 2.45) is 15.3 Å². The molecule has 0 aliphatic carbocycles. The molecule has 0 unspecified atom stereocenters. The highest BCUT2D eigenvalue weighted by Gasteiger charge is 2.17. The van der Waals surface area contributed by atoms with Crippen molar-refractivity contribution in [3.63, 3.8) is 0 Å². The molecule has 0 bridgehead atoms. The van der Waals surface area contributed by atoms with Gasteiger partial charge in [0.1, 0.15) is 5.71 Å². The number of ether oxygens (including phenoxy) is 1. The Morgan fingerprint density at radius 2 is 1.27 bits per heavy atom. The molecule has 8 nitrogen and oxygen atoms in total. The van der Waals surface area contributed by atoms with Crippen LogP contribution in [-0.2, 0) is 9.53 Å². The van der Waals surface area contributed by atoms with Gasteiger partial charge in [0.05, 0.1) is 12.8 Å². The number of nitrogens with one attached hydrogen (secondary N) is 2. The smallest absolute Gasteiger partial charge is 0.360 e. The van der Waals surface area contributed by atoms with Crippen molar-refractivity contribution in [2.75, 3.05) is 12.4 Å². The van der Waals surface area contributed by atoms with Crippen LogP contribution in [0.5, 0.6) is 0 Å². The first-order valence-corrected chi connectivity index (χ1v) is 10.1. The van der Waals surface area contributed by atoms with Crippen LogP contribution in [0.3, 0.4) is 0 Å². The third kappa shape index (κ3) is 6.70. The zero-order chi connectivity index (χ0) is 23.5. The second-order valence-electron chi connectivity index (χ2n) is 6.75. The molecule has 8 heteroatoms. The van der Waals surface area contributed by atoms with Crippen LogP contribution in [0, 0.1) is 0 Å². The standard InChI is InChI=1S/C25H23N5O3/c1-18(27-30-25(32)26-21-16-10-5-11-17-21)22(24(31)33-2)28-29-23(19-12-6-3-7-13-19)20-14-8-4-9-15-20/h3-17H,1-2H3,(H2,26,30,32)/b27-18+,28-22+. The molecule has 33 heavy (non-hydrogen) atoms. The molecule has 0 saturated carbocycles. The van der Waals surface area contributed by atoms with Crippen LogP contribution in [0.25, 0.3) is 0 Å². The van der Waals surface area contributed by atoms with E-state index in [0.717, 1.165) is 11.1 Å². The predicted octanol–water partition coefficient (Wildman–Crippen LogP) is 4.25. The van der Waals surface area contributed by atoms with Crippen molar-refractivity contribution >= 4 is 34.8 Å². The lowest BCUT2D eigenvalue weighted by Crippen LogP contribution is -2.29. The third-order valence-corrected chi connectivity index (χ3v) is 4.42. The molecule has 3 aromatic carbocycles. The van der Waals surface area contributed by atoms with E-state index in [2.05, 4.69) is 26.0 Å². The SMILES string of the molecule is COC(=O)C(=N/N=C(c1ccccc1)c1ccccc1)/C(C)=N/NC(=O)Nc1ccccc1. The zero-order valence-corrected chi connectivity index (χ0v) is 18.2. The van der Waals surface area contributed by atoms with Gasteiger partial charge in [0.15, 0.2) is 5.71 Å². The largest absolute Gasteiger partial charge is 0.464 e. The summed E-state index contributed by atoms with van der Waals surface area (Å²) in [5, 5.41) is 15.1. The fourth-order valence-electron chi connectivity index (χ4n) is 2.80. The summed E-state index contributed by atoms with van der Waals surface area (Å²) < 4.78 is 4.83. The van der Waals surface area contributed by atoms with E-state index in [1.807, 2.05) is 66.7 Å². The maximum Gasteiger partial charge on any atom is 0.360 e. The molecule has 0 fully saturated rings. The predicted molar refractivity (Wildman–Crippen MR) is 130 cm³/mol. The van der Waals surface area contributed by atoms with E-state index in [1.165, 1.54) is 14.0 Å². The van der Waals surface area contributed by atoms with Gasteiger partial charge in [-0.05, 0) is 19.1 Å². The number of carbonyl (C=O) groups is 2. The number of benzene rings is 3. The van der Waals surface area contributed by atoms with E-state index >= 15 is 0 Å². The summed E-state index contributed by atoms with van der Waals surface area (Å²) in [5.74, 6) is -0.731. The summed E-state index contributed by atoms with van der Waals surface area (Å²) in [6.07, 6.45) is 0. The lowest BCUT2D eigenvalue weighted by atomic mass is 10.0. The van der Waals surface area contributed by atoms with Crippen molar-refractivity contribution in [3.8, 4) is 0 Å². The summed E-state index contributed by atoms with van der Waals surface area (Å²) >= 11 is 0. The Hall–Kier alpha value is -4.59. The summed E-state index contributed by atoms with van der Waals surface area (Å²) in [6, 6.07) is 27.3. The van der Waals surface area contributed by atoms with Crippen LogP contribution in [0.2, 0.25) is 0 Å². The number of esters is 1. The molecular formula is C25H23N5O3. The Balaban J connectivity index is 1.89. The Kier molecular flexibility index (Phi) is 8.19. The number of methoxy groups -OCH3 is 1. The van der Waals surface area contributed by atoms with Crippen LogP contribution in [0.4, 0.5) is 10.5 Å². The van der Waals surface area contributed by atoms with Crippen LogP contribution >= 0.6 is 0 Å². The molecule has 0 radical (unpaired) electrons. The molecule has 3 aromatic rings. The van der Waals surface area contributed by atoms with Gasteiger partial charge in [0.2, 0.25) is 0 Å². The lowest BCUT2D eigenvalue weighted by molar-refractivity contribution is -0.132. The monoisotopic (exact) mass is 441 g/mol. The topological polar surface area (TPSA) is 105 Å². The molecule has 166 valence electrons.